The number of alkyl halides is 3. The van der Waals surface area contributed by atoms with Gasteiger partial charge in [0.1, 0.15) is 0 Å². The lowest BCUT2D eigenvalue weighted by Gasteiger charge is -2.37. The Morgan fingerprint density at radius 3 is 2.21 bits per heavy atom. The Morgan fingerprint density at radius 1 is 1.00 bits per heavy atom. The van der Waals surface area contributed by atoms with Crippen molar-refractivity contribution >= 4 is 23.3 Å². The molecule has 230 valence electrons. The standard InChI is InChI=1S/C16H21F3N2O.C14H20N4O2/c1-20(2)8-11-5-12(16(17,18)19)7-15(6-11)21-13-3-4-14(21)10-22-9-13;1-10(19)16(2)13-6-15-18(9-13)14(20)17-7-11-4-3-5-12(11)8-17/h5-7,13-14H,3-4,8-10H2,1-2H3;6,9,11-12H,3-5,7-8H2,1-2H3. The van der Waals surface area contributed by atoms with Gasteiger partial charge in [-0.1, -0.05) is 6.42 Å². The van der Waals surface area contributed by atoms with Gasteiger partial charge in [-0.25, -0.2) is 4.79 Å². The molecule has 4 fully saturated rings. The van der Waals surface area contributed by atoms with Crippen molar-refractivity contribution in [2.75, 3.05) is 57.2 Å². The van der Waals surface area contributed by atoms with Crippen molar-refractivity contribution in [2.24, 2.45) is 11.8 Å². The summed E-state index contributed by atoms with van der Waals surface area (Å²) in [5, 5.41) is 4.09. The van der Waals surface area contributed by atoms with Crippen LogP contribution in [0.25, 0.3) is 0 Å². The Balaban J connectivity index is 0.000000169. The van der Waals surface area contributed by atoms with E-state index in [9.17, 15) is 22.8 Å². The van der Waals surface area contributed by atoms with E-state index >= 15 is 0 Å². The molecule has 4 unspecified atom stereocenters. The van der Waals surface area contributed by atoms with Crippen LogP contribution in [0.5, 0.6) is 0 Å². The summed E-state index contributed by atoms with van der Waals surface area (Å²) < 4.78 is 46.5. The number of aromatic nitrogens is 2. The highest BCUT2D eigenvalue weighted by molar-refractivity contribution is 5.91. The van der Waals surface area contributed by atoms with E-state index in [-0.39, 0.29) is 24.0 Å². The molecule has 12 heteroatoms. The van der Waals surface area contributed by atoms with Crippen LogP contribution in [0, 0.1) is 11.8 Å². The van der Waals surface area contributed by atoms with Crippen LogP contribution in [0.3, 0.4) is 0 Å². The number of nitrogens with zero attached hydrogens (tertiary/aromatic N) is 6. The van der Waals surface area contributed by atoms with Gasteiger partial charge in [0.05, 0.1) is 48.9 Å². The third-order valence-electron chi connectivity index (χ3n) is 8.96. The minimum Gasteiger partial charge on any atom is -0.377 e. The number of anilines is 2. The quantitative estimate of drug-likeness (QED) is 0.514. The lowest BCUT2D eigenvalue weighted by atomic mass is 10.0. The molecule has 1 saturated carbocycles. The average molecular weight is 591 g/mol. The Kier molecular flexibility index (Phi) is 8.84. The second-order valence-electron chi connectivity index (χ2n) is 12.3. The fourth-order valence-corrected chi connectivity index (χ4v) is 6.80. The lowest BCUT2D eigenvalue weighted by molar-refractivity contribution is -0.137. The summed E-state index contributed by atoms with van der Waals surface area (Å²) in [6.45, 7) is 4.89. The third kappa shape index (κ3) is 6.59. The minimum atomic E-state index is -4.32. The van der Waals surface area contributed by atoms with Gasteiger partial charge in [0.25, 0.3) is 0 Å². The van der Waals surface area contributed by atoms with Crippen molar-refractivity contribution < 1.29 is 27.5 Å². The number of rotatable bonds is 4. The highest BCUT2D eigenvalue weighted by Crippen LogP contribution is 2.39. The number of hydrogen-bond donors (Lipinski definition) is 0. The topological polar surface area (TPSA) is 74.2 Å². The van der Waals surface area contributed by atoms with Crippen LogP contribution >= 0.6 is 0 Å². The van der Waals surface area contributed by atoms with E-state index in [0.717, 1.165) is 25.9 Å². The maximum Gasteiger partial charge on any atom is 0.416 e. The first-order chi connectivity index (χ1) is 19.9. The van der Waals surface area contributed by atoms with Crippen molar-refractivity contribution in [3.63, 3.8) is 0 Å². The van der Waals surface area contributed by atoms with Crippen LogP contribution in [0.15, 0.2) is 30.6 Å². The molecule has 2 amide bonds. The smallest absolute Gasteiger partial charge is 0.377 e. The fourth-order valence-electron chi connectivity index (χ4n) is 6.80. The van der Waals surface area contributed by atoms with Gasteiger partial charge in [-0.15, -0.1) is 0 Å². The summed E-state index contributed by atoms with van der Waals surface area (Å²) in [6, 6.07) is 4.76. The Labute approximate surface area is 245 Å². The van der Waals surface area contributed by atoms with Crippen molar-refractivity contribution in [1.82, 2.24) is 19.6 Å². The second kappa shape index (κ2) is 12.2. The second-order valence-corrected chi connectivity index (χ2v) is 12.3. The summed E-state index contributed by atoms with van der Waals surface area (Å²) in [5.74, 6) is 1.27. The maximum atomic E-state index is 13.2. The third-order valence-corrected chi connectivity index (χ3v) is 8.96. The molecular weight excluding hydrogens is 549 g/mol. The van der Waals surface area contributed by atoms with Gasteiger partial charge < -0.3 is 24.3 Å². The average Bonchev–Trinajstić information content (AvgIpc) is 3.70. The molecule has 2 bridgehead atoms. The minimum absolute atomic E-state index is 0.0762. The molecule has 3 aliphatic heterocycles. The zero-order valence-electron chi connectivity index (χ0n) is 24.8. The van der Waals surface area contributed by atoms with Gasteiger partial charge in [0, 0.05) is 39.3 Å². The molecule has 4 atom stereocenters. The zero-order chi connectivity index (χ0) is 30.2. The Hall–Kier alpha value is -3.12. The van der Waals surface area contributed by atoms with E-state index in [1.54, 1.807) is 19.4 Å². The first-order valence-electron chi connectivity index (χ1n) is 14.7. The van der Waals surface area contributed by atoms with Crippen LogP contribution in [0.4, 0.5) is 29.3 Å². The molecule has 42 heavy (non-hydrogen) atoms. The summed E-state index contributed by atoms with van der Waals surface area (Å²) in [4.78, 5) is 31.1. The van der Waals surface area contributed by atoms with Gasteiger partial charge in [-0.05, 0) is 75.4 Å². The summed E-state index contributed by atoms with van der Waals surface area (Å²) in [6.07, 6.45) is 4.62. The Bertz CT molecular complexity index is 1250. The summed E-state index contributed by atoms with van der Waals surface area (Å²) >= 11 is 0. The number of halogens is 3. The summed E-state index contributed by atoms with van der Waals surface area (Å²) in [7, 11) is 5.39. The summed E-state index contributed by atoms with van der Waals surface area (Å²) in [5.41, 5.74) is 1.46. The molecule has 4 heterocycles. The SMILES string of the molecule is CC(=O)N(C)c1cnn(C(=O)N2CC3CCCC3C2)c1.CN(C)Cc1cc(N2C3CCC2COC3)cc(C(F)(F)F)c1. The number of hydrogen-bond acceptors (Lipinski definition) is 6. The lowest BCUT2D eigenvalue weighted by Crippen LogP contribution is -2.46. The van der Waals surface area contributed by atoms with Gasteiger partial charge >= 0.3 is 12.2 Å². The molecule has 6 rings (SSSR count). The van der Waals surface area contributed by atoms with Crippen molar-refractivity contribution in [3.05, 3.63) is 41.7 Å². The van der Waals surface area contributed by atoms with Gasteiger partial charge in [-0.2, -0.15) is 23.0 Å². The molecule has 0 spiro atoms. The van der Waals surface area contributed by atoms with E-state index in [1.165, 1.54) is 47.9 Å². The van der Waals surface area contributed by atoms with Gasteiger partial charge in [0.15, 0.2) is 0 Å². The molecule has 4 aliphatic rings. The first kappa shape index (κ1) is 30.3. The van der Waals surface area contributed by atoms with E-state index in [1.807, 2.05) is 30.0 Å². The van der Waals surface area contributed by atoms with Gasteiger partial charge in [-0.3, -0.25) is 4.79 Å². The van der Waals surface area contributed by atoms with Crippen molar-refractivity contribution in [2.45, 2.75) is 63.8 Å². The van der Waals surface area contributed by atoms with E-state index in [4.69, 9.17) is 4.74 Å². The van der Waals surface area contributed by atoms with Crippen LogP contribution < -0.4 is 9.80 Å². The molecule has 0 radical (unpaired) electrons. The van der Waals surface area contributed by atoms with Crippen LogP contribution in [-0.2, 0) is 22.3 Å². The Morgan fingerprint density at radius 2 is 1.64 bits per heavy atom. The van der Waals surface area contributed by atoms with E-state index in [0.29, 0.717) is 48.5 Å². The van der Waals surface area contributed by atoms with Crippen LogP contribution in [0.1, 0.15) is 50.2 Å². The van der Waals surface area contributed by atoms with Crippen molar-refractivity contribution in [1.29, 1.82) is 0 Å². The predicted octanol–water partition coefficient (Wildman–Crippen LogP) is 4.70. The van der Waals surface area contributed by atoms with E-state index < -0.39 is 11.7 Å². The number of benzene rings is 1. The molecule has 1 aliphatic carbocycles. The number of carbonyl (C=O) groups excluding carboxylic acids is 2. The van der Waals surface area contributed by atoms with Crippen LogP contribution in [-0.4, -0.2) is 91.0 Å². The van der Waals surface area contributed by atoms with Gasteiger partial charge in [0.2, 0.25) is 5.91 Å². The number of carbonyl (C=O) groups is 2. The number of likely N-dealkylation sites (tertiary alicyclic amines) is 1. The largest absolute Gasteiger partial charge is 0.416 e. The molecule has 2 aromatic rings. The molecule has 1 aromatic carbocycles. The first-order valence-corrected chi connectivity index (χ1v) is 14.7. The molecular formula is C30H41F3N6O3. The zero-order valence-corrected chi connectivity index (χ0v) is 24.8. The van der Waals surface area contributed by atoms with Crippen molar-refractivity contribution in [3.8, 4) is 0 Å². The molecule has 1 aromatic heterocycles. The predicted molar refractivity (Wildman–Crippen MR) is 153 cm³/mol. The van der Waals surface area contributed by atoms with Crippen LogP contribution in [0.2, 0.25) is 0 Å². The highest BCUT2D eigenvalue weighted by Gasteiger charge is 2.40. The van der Waals surface area contributed by atoms with E-state index in [2.05, 4.69) is 10.00 Å². The number of amides is 2. The normalized spacial score (nSPS) is 25.0. The number of morpholine rings is 1. The molecule has 3 saturated heterocycles. The monoisotopic (exact) mass is 590 g/mol. The molecule has 0 N–H and O–H groups in total. The maximum absolute atomic E-state index is 13.2. The fraction of sp³-hybridized carbons (Fsp3) is 0.633. The number of fused-ring (bicyclic) bond motifs is 3. The highest BCUT2D eigenvalue weighted by atomic mass is 19.4. The number of ether oxygens (including phenoxy) is 1. The molecule has 9 nitrogen and oxygen atoms in total.